The minimum absolute atomic E-state index is 0.0199. The van der Waals surface area contributed by atoms with Crippen LogP contribution < -0.4 is 10.2 Å². The molecule has 7 nitrogen and oxygen atoms in total. The third-order valence-corrected chi connectivity index (χ3v) is 5.45. The van der Waals surface area contributed by atoms with Gasteiger partial charge in [-0.2, -0.15) is 0 Å². The molecule has 1 N–H and O–H groups in total. The van der Waals surface area contributed by atoms with E-state index in [1.807, 2.05) is 42.4 Å². The molecule has 30 heavy (non-hydrogen) atoms. The number of nitrogens with one attached hydrogen (secondary N) is 1. The molecule has 0 unspecified atom stereocenters. The molecule has 7 heteroatoms. The summed E-state index contributed by atoms with van der Waals surface area (Å²) in [5.74, 6) is 0.986. The quantitative estimate of drug-likeness (QED) is 0.705. The van der Waals surface area contributed by atoms with E-state index in [9.17, 15) is 4.79 Å². The predicted molar refractivity (Wildman–Crippen MR) is 121 cm³/mol. The van der Waals surface area contributed by atoms with Crippen molar-refractivity contribution < 1.29 is 4.79 Å². The first-order valence-electron chi connectivity index (χ1n) is 10.3. The number of carbonyl (C=O) groups is 1. The number of piperazine rings is 1. The van der Waals surface area contributed by atoms with Gasteiger partial charge in [0.2, 0.25) is 0 Å². The van der Waals surface area contributed by atoms with Gasteiger partial charge in [-0.1, -0.05) is 24.3 Å². The van der Waals surface area contributed by atoms with Gasteiger partial charge >= 0.3 is 0 Å². The van der Waals surface area contributed by atoms with E-state index in [1.54, 1.807) is 6.20 Å². The third kappa shape index (κ3) is 4.07. The largest absolute Gasteiger partial charge is 0.387 e. The molecule has 1 saturated heterocycles. The molecule has 1 amide bonds. The molecule has 0 aliphatic carbocycles. The summed E-state index contributed by atoms with van der Waals surface area (Å²) in [6.07, 6.45) is 3.63. The smallest absolute Gasteiger partial charge is 0.257 e. The van der Waals surface area contributed by atoms with Gasteiger partial charge in [0.25, 0.3) is 5.91 Å². The van der Waals surface area contributed by atoms with Crippen molar-refractivity contribution in [2.45, 2.75) is 6.54 Å². The Labute approximate surface area is 177 Å². The monoisotopic (exact) mass is 404 g/mol. The lowest BCUT2D eigenvalue weighted by Gasteiger charge is -2.35. The van der Waals surface area contributed by atoms with Crippen LogP contribution in [-0.4, -0.2) is 73.0 Å². The summed E-state index contributed by atoms with van der Waals surface area (Å²) in [5, 5.41) is 4.16. The van der Waals surface area contributed by atoms with E-state index in [-0.39, 0.29) is 5.91 Å². The molecule has 2 aromatic heterocycles. The van der Waals surface area contributed by atoms with Crippen molar-refractivity contribution in [1.82, 2.24) is 19.8 Å². The predicted octanol–water partition coefficient (Wildman–Crippen LogP) is 2.70. The first-order chi connectivity index (χ1) is 14.6. The standard InChI is InChI=1S/C23H28N6O/c1-24-22-18-6-4-5-7-20(18)25-15-19(22)23(30)29-12-10-28(11-13-29)21-9-8-17(14-26-21)16-27(2)3/h4-9,14-15H,10-13,16H2,1-3H3,(H,24,25). The summed E-state index contributed by atoms with van der Waals surface area (Å²) in [4.78, 5) is 28.6. The molecule has 1 aliphatic heterocycles. The van der Waals surface area contributed by atoms with Crippen LogP contribution in [-0.2, 0) is 6.54 Å². The number of hydrogen-bond donors (Lipinski definition) is 1. The van der Waals surface area contributed by atoms with Crippen LogP contribution >= 0.6 is 0 Å². The maximum atomic E-state index is 13.2. The fraction of sp³-hybridized carbons (Fsp3) is 0.348. The molecule has 1 fully saturated rings. The van der Waals surface area contributed by atoms with E-state index in [1.165, 1.54) is 5.56 Å². The van der Waals surface area contributed by atoms with E-state index >= 15 is 0 Å². The second kappa shape index (κ2) is 8.67. The van der Waals surface area contributed by atoms with Crippen molar-refractivity contribution in [3.63, 3.8) is 0 Å². The van der Waals surface area contributed by atoms with Crippen LogP contribution in [0.4, 0.5) is 11.5 Å². The van der Waals surface area contributed by atoms with Crippen molar-refractivity contribution in [2.75, 3.05) is 57.5 Å². The van der Waals surface area contributed by atoms with E-state index < -0.39 is 0 Å². The normalized spacial score (nSPS) is 14.4. The highest BCUT2D eigenvalue weighted by Gasteiger charge is 2.25. The van der Waals surface area contributed by atoms with Crippen LogP contribution in [0.3, 0.4) is 0 Å². The fourth-order valence-electron chi connectivity index (χ4n) is 3.94. The average Bonchev–Trinajstić information content (AvgIpc) is 2.78. The fourth-order valence-corrected chi connectivity index (χ4v) is 3.94. The van der Waals surface area contributed by atoms with Crippen molar-refractivity contribution in [1.29, 1.82) is 0 Å². The van der Waals surface area contributed by atoms with Crippen LogP contribution in [0.1, 0.15) is 15.9 Å². The lowest BCUT2D eigenvalue weighted by atomic mass is 10.1. The minimum atomic E-state index is 0.0199. The Balaban J connectivity index is 1.45. The molecule has 0 atom stereocenters. The highest BCUT2D eigenvalue weighted by Crippen LogP contribution is 2.27. The van der Waals surface area contributed by atoms with Crippen molar-refractivity contribution in [3.8, 4) is 0 Å². The number of hydrogen-bond acceptors (Lipinski definition) is 6. The highest BCUT2D eigenvalue weighted by molar-refractivity contribution is 6.07. The Morgan fingerprint density at radius 1 is 1.03 bits per heavy atom. The summed E-state index contributed by atoms with van der Waals surface area (Å²) in [6.45, 7) is 3.73. The molecule has 4 rings (SSSR count). The molecular weight excluding hydrogens is 376 g/mol. The Morgan fingerprint density at radius 2 is 1.80 bits per heavy atom. The number of fused-ring (bicyclic) bond motifs is 1. The maximum Gasteiger partial charge on any atom is 0.257 e. The number of para-hydroxylation sites is 1. The second-order valence-corrected chi connectivity index (χ2v) is 7.86. The molecule has 0 saturated carbocycles. The number of aromatic nitrogens is 2. The average molecular weight is 405 g/mol. The summed E-state index contributed by atoms with van der Waals surface area (Å²) in [7, 11) is 5.95. The SMILES string of the molecule is CNc1c(C(=O)N2CCN(c3ccc(CN(C)C)cn3)CC2)cnc2ccccc12. The first-order valence-corrected chi connectivity index (χ1v) is 10.3. The van der Waals surface area contributed by atoms with Gasteiger partial charge < -0.3 is 20.0 Å². The Morgan fingerprint density at radius 3 is 2.47 bits per heavy atom. The van der Waals surface area contributed by atoms with Gasteiger partial charge in [-0.3, -0.25) is 9.78 Å². The van der Waals surface area contributed by atoms with Crippen molar-refractivity contribution >= 4 is 28.3 Å². The van der Waals surface area contributed by atoms with Gasteiger partial charge in [0.05, 0.1) is 16.8 Å². The number of pyridine rings is 2. The number of carbonyl (C=O) groups excluding carboxylic acids is 1. The lowest BCUT2D eigenvalue weighted by Crippen LogP contribution is -2.49. The lowest BCUT2D eigenvalue weighted by molar-refractivity contribution is 0.0747. The van der Waals surface area contributed by atoms with Crippen molar-refractivity contribution in [2.24, 2.45) is 0 Å². The molecule has 3 aromatic rings. The van der Waals surface area contributed by atoms with Crippen LogP contribution in [0.25, 0.3) is 10.9 Å². The zero-order valence-corrected chi connectivity index (χ0v) is 17.8. The Hall–Kier alpha value is -3.19. The van der Waals surface area contributed by atoms with Crippen LogP contribution in [0.5, 0.6) is 0 Å². The van der Waals surface area contributed by atoms with Crippen LogP contribution in [0.15, 0.2) is 48.8 Å². The number of benzene rings is 1. The zero-order chi connectivity index (χ0) is 21.1. The van der Waals surface area contributed by atoms with E-state index in [4.69, 9.17) is 0 Å². The minimum Gasteiger partial charge on any atom is -0.387 e. The number of rotatable bonds is 5. The van der Waals surface area contributed by atoms with Gasteiger partial charge in [0, 0.05) is 57.6 Å². The topological polar surface area (TPSA) is 64.6 Å². The van der Waals surface area contributed by atoms with Crippen molar-refractivity contribution in [3.05, 3.63) is 59.9 Å². The summed E-state index contributed by atoms with van der Waals surface area (Å²) < 4.78 is 0. The molecular formula is C23H28N6O. The van der Waals surface area contributed by atoms with Crippen LogP contribution in [0, 0.1) is 0 Å². The summed E-state index contributed by atoms with van der Waals surface area (Å²) in [5.41, 5.74) is 3.54. The maximum absolute atomic E-state index is 13.2. The van der Waals surface area contributed by atoms with Gasteiger partial charge in [-0.05, 0) is 31.8 Å². The third-order valence-electron chi connectivity index (χ3n) is 5.45. The molecule has 3 heterocycles. The highest BCUT2D eigenvalue weighted by atomic mass is 16.2. The number of nitrogens with zero attached hydrogens (tertiary/aromatic N) is 5. The first kappa shape index (κ1) is 20.1. The van der Waals surface area contributed by atoms with Gasteiger partial charge in [-0.25, -0.2) is 4.98 Å². The van der Waals surface area contributed by atoms with Crippen LogP contribution in [0.2, 0.25) is 0 Å². The van der Waals surface area contributed by atoms with E-state index in [0.29, 0.717) is 18.7 Å². The van der Waals surface area contributed by atoms with Gasteiger partial charge in [0.15, 0.2) is 0 Å². The zero-order valence-electron chi connectivity index (χ0n) is 17.8. The Bertz CT molecular complexity index is 1030. The van der Waals surface area contributed by atoms with E-state index in [0.717, 1.165) is 42.0 Å². The molecule has 1 aliphatic rings. The molecule has 0 radical (unpaired) electrons. The van der Waals surface area contributed by atoms with E-state index in [2.05, 4.69) is 51.3 Å². The molecule has 156 valence electrons. The number of anilines is 2. The second-order valence-electron chi connectivity index (χ2n) is 7.86. The van der Waals surface area contributed by atoms with Gasteiger partial charge in [-0.15, -0.1) is 0 Å². The summed E-state index contributed by atoms with van der Waals surface area (Å²) >= 11 is 0. The van der Waals surface area contributed by atoms with Gasteiger partial charge in [0.1, 0.15) is 5.82 Å². The summed E-state index contributed by atoms with van der Waals surface area (Å²) in [6, 6.07) is 12.1. The molecule has 0 spiro atoms. The number of amides is 1. The Kier molecular flexibility index (Phi) is 5.81. The molecule has 1 aromatic carbocycles. The molecule has 0 bridgehead atoms.